The van der Waals surface area contributed by atoms with Crippen molar-refractivity contribution in [1.29, 1.82) is 0 Å². The van der Waals surface area contributed by atoms with Crippen LogP contribution in [0, 0.1) is 0 Å². The largest absolute Gasteiger partial charge is 0.473 e. The monoisotopic (exact) mass is 237 g/mol. The molecule has 0 unspecified atom stereocenters. The van der Waals surface area contributed by atoms with Crippen molar-refractivity contribution in [3.63, 3.8) is 0 Å². The van der Waals surface area contributed by atoms with Crippen molar-refractivity contribution in [3.05, 3.63) is 59.2 Å². The SMILES string of the molecule is c1ccc(N2COc3cc4c(cc3C2)CC4)cc1. The van der Waals surface area contributed by atoms with Crippen molar-refractivity contribution in [2.45, 2.75) is 19.4 Å². The van der Waals surface area contributed by atoms with Crippen molar-refractivity contribution in [1.82, 2.24) is 0 Å². The molecule has 0 spiro atoms. The van der Waals surface area contributed by atoms with Crippen LogP contribution in [-0.4, -0.2) is 6.73 Å². The van der Waals surface area contributed by atoms with E-state index in [1.807, 2.05) is 6.07 Å². The van der Waals surface area contributed by atoms with E-state index in [4.69, 9.17) is 4.74 Å². The van der Waals surface area contributed by atoms with Crippen molar-refractivity contribution >= 4 is 5.69 Å². The predicted octanol–water partition coefficient (Wildman–Crippen LogP) is 3.14. The van der Waals surface area contributed by atoms with Crippen LogP contribution >= 0.6 is 0 Å². The smallest absolute Gasteiger partial charge is 0.161 e. The highest BCUT2D eigenvalue weighted by Gasteiger charge is 2.22. The quantitative estimate of drug-likeness (QED) is 0.755. The van der Waals surface area contributed by atoms with Gasteiger partial charge in [0, 0.05) is 17.8 Å². The van der Waals surface area contributed by atoms with Crippen LogP contribution in [0.25, 0.3) is 0 Å². The topological polar surface area (TPSA) is 12.5 Å². The minimum Gasteiger partial charge on any atom is -0.473 e. The number of anilines is 1. The van der Waals surface area contributed by atoms with Gasteiger partial charge in [0.1, 0.15) is 5.75 Å². The Morgan fingerprint density at radius 2 is 1.67 bits per heavy atom. The number of aryl methyl sites for hydroxylation is 2. The first-order valence-electron chi connectivity index (χ1n) is 6.47. The van der Waals surface area contributed by atoms with Crippen LogP contribution in [0.15, 0.2) is 42.5 Å². The molecule has 0 aromatic heterocycles. The second-order valence-electron chi connectivity index (χ2n) is 5.04. The normalized spacial score (nSPS) is 16.3. The van der Waals surface area contributed by atoms with Crippen LogP contribution in [0.3, 0.4) is 0 Å². The summed E-state index contributed by atoms with van der Waals surface area (Å²) in [7, 11) is 0. The summed E-state index contributed by atoms with van der Waals surface area (Å²) >= 11 is 0. The lowest BCUT2D eigenvalue weighted by molar-refractivity contribution is 0.288. The Bertz CT molecular complexity index is 592. The molecule has 1 aliphatic carbocycles. The van der Waals surface area contributed by atoms with E-state index in [1.165, 1.54) is 35.2 Å². The number of nitrogens with zero attached hydrogens (tertiary/aromatic N) is 1. The third-order valence-corrected chi connectivity index (χ3v) is 3.90. The number of fused-ring (bicyclic) bond motifs is 2. The van der Waals surface area contributed by atoms with Crippen LogP contribution in [0.5, 0.6) is 5.75 Å². The molecule has 0 atom stereocenters. The minimum absolute atomic E-state index is 0.649. The van der Waals surface area contributed by atoms with Gasteiger partial charge in [0.15, 0.2) is 6.73 Å². The third-order valence-electron chi connectivity index (χ3n) is 3.90. The molecule has 0 bridgehead atoms. The summed E-state index contributed by atoms with van der Waals surface area (Å²) in [5.41, 5.74) is 5.53. The molecule has 0 radical (unpaired) electrons. The van der Waals surface area contributed by atoms with Crippen molar-refractivity contribution in [2.75, 3.05) is 11.6 Å². The zero-order valence-electron chi connectivity index (χ0n) is 10.2. The summed E-state index contributed by atoms with van der Waals surface area (Å²) in [4.78, 5) is 2.27. The second kappa shape index (κ2) is 3.77. The number of hydrogen-bond donors (Lipinski definition) is 0. The van der Waals surface area contributed by atoms with E-state index in [2.05, 4.69) is 41.3 Å². The minimum atomic E-state index is 0.649. The van der Waals surface area contributed by atoms with E-state index in [0.29, 0.717) is 6.73 Å². The zero-order valence-corrected chi connectivity index (χ0v) is 10.2. The van der Waals surface area contributed by atoms with E-state index >= 15 is 0 Å². The Hall–Kier alpha value is -1.96. The van der Waals surface area contributed by atoms with Gasteiger partial charge in [-0.2, -0.15) is 0 Å². The maximum absolute atomic E-state index is 5.89. The fourth-order valence-corrected chi connectivity index (χ4v) is 2.74. The highest BCUT2D eigenvalue weighted by atomic mass is 16.5. The molecule has 1 aliphatic heterocycles. The summed E-state index contributed by atoms with van der Waals surface area (Å²) < 4.78 is 5.89. The van der Waals surface area contributed by atoms with E-state index in [-0.39, 0.29) is 0 Å². The first kappa shape index (κ1) is 10.0. The van der Waals surface area contributed by atoms with Crippen LogP contribution in [0.4, 0.5) is 5.69 Å². The number of ether oxygens (including phenoxy) is 1. The lowest BCUT2D eigenvalue weighted by Crippen LogP contribution is -2.32. The molecule has 2 aliphatic rings. The van der Waals surface area contributed by atoms with Crippen molar-refractivity contribution in [2.24, 2.45) is 0 Å². The molecule has 0 saturated heterocycles. The number of para-hydroxylation sites is 1. The highest BCUT2D eigenvalue weighted by Crippen LogP contribution is 2.34. The molecule has 2 aromatic rings. The Kier molecular flexibility index (Phi) is 2.10. The molecule has 2 heteroatoms. The molecule has 1 heterocycles. The molecular formula is C16H15NO. The van der Waals surface area contributed by atoms with E-state index < -0.39 is 0 Å². The van der Waals surface area contributed by atoms with Crippen molar-refractivity contribution < 1.29 is 4.74 Å². The molecule has 90 valence electrons. The van der Waals surface area contributed by atoms with E-state index in [1.54, 1.807) is 0 Å². The molecule has 4 rings (SSSR count). The molecule has 0 saturated carbocycles. The number of hydrogen-bond acceptors (Lipinski definition) is 2. The maximum Gasteiger partial charge on any atom is 0.161 e. The fraction of sp³-hybridized carbons (Fsp3) is 0.250. The molecule has 0 N–H and O–H groups in total. The van der Waals surface area contributed by atoms with E-state index in [9.17, 15) is 0 Å². The Balaban J connectivity index is 1.67. The summed E-state index contributed by atoms with van der Waals surface area (Å²) in [6.07, 6.45) is 2.45. The van der Waals surface area contributed by atoms with Gasteiger partial charge < -0.3 is 9.64 Å². The predicted molar refractivity (Wildman–Crippen MR) is 72.0 cm³/mol. The van der Waals surface area contributed by atoms with Gasteiger partial charge in [0.05, 0.1) is 0 Å². The Morgan fingerprint density at radius 3 is 2.44 bits per heavy atom. The average Bonchev–Trinajstić information content (AvgIpc) is 2.42. The third kappa shape index (κ3) is 1.49. The summed E-state index contributed by atoms with van der Waals surface area (Å²) in [6.45, 7) is 1.60. The molecular weight excluding hydrogens is 222 g/mol. The molecule has 2 nitrogen and oxygen atoms in total. The maximum atomic E-state index is 5.89. The number of rotatable bonds is 1. The second-order valence-corrected chi connectivity index (χ2v) is 5.04. The Morgan fingerprint density at radius 1 is 0.889 bits per heavy atom. The van der Waals surface area contributed by atoms with Gasteiger partial charge >= 0.3 is 0 Å². The van der Waals surface area contributed by atoms with Gasteiger partial charge in [0.2, 0.25) is 0 Å². The van der Waals surface area contributed by atoms with Gasteiger partial charge in [-0.1, -0.05) is 24.3 Å². The molecule has 0 amide bonds. The lowest BCUT2D eigenvalue weighted by Gasteiger charge is -2.33. The Labute approximate surface area is 107 Å². The highest BCUT2D eigenvalue weighted by molar-refractivity contribution is 5.53. The summed E-state index contributed by atoms with van der Waals surface area (Å²) in [5, 5.41) is 0. The van der Waals surface area contributed by atoms with Crippen LogP contribution in [0.2, 0.25) is 0 Å². The van der Waals surface area contributed by atoms with Gasteiger partial charge in [-0.25, -0.2) is 0 Å². The fourth-order valence-electron chi connectivity index (χ4n) is 2.74. The van der Waals surface area contributed by atoms with Crippen molar-refractivity contribution in [3.8, 4) is 5.75 Å². The van der Waals surface area contributed by atoms with Gasteiger partial charge in [-0.05, 0) is 42.2 Å². The average molecular weight is 237 g/mol. The van der Waals surface area contributed by atoms with Crippen LogP contribution in [-0.2, 0) is 19.4 Å². The first-order valence-corrected chi connectivity index (χ1v) is 6.47. The molecule has 18 heavy (non-hydrogen) atoms. The van der Waals surface area contributed by atoms with Gasteiger partial charge in [-0.15, -0.1) is 0 Å². The van der Waals surface area contributed by atoms with Crippen LogP contribution < -0.4 is 9.64 Å². The standard InChI is InChI=1S/C16H15NO/c1-2-4-15(5-3-1)17-10-14-8-12-6-7-13(12)9-16(14)18-11-17/h1-5,8-9H,6-7,10-11H2. The van der Waals surface area contributed by atoms with Gasteiger partial charge in [-0.3, -0.25) is 0 Å². The zero-order chi connectivity index (χ0) is 11.9. The summed E-state index contributed by atoms with van der Waals surface area (Å²) in [6, 6.07) is 15.0. The number of benzene rings is 2. The van der Waals surface area contributed by atoms with Gasteiger partial charge in [0.25, 0.3) is 0 Å². The van der Waals surface area contributed by atoms with E-state index in [0.717, 1.165) is 12.3 Å². The summed E-state index contributed by atoms with van der Waals surface area (Å²) in [5.74, 6) is 1.08. The first-order chi connectivity index (χ1) is 8.90. The lowest BCUT2D eigenvalue weighted by atomic mass is 9.86. The molecule has 0 fully saturated rings. The molecule has 2 aromatic carbocycles. The van der Waals surface area contributed by atoms with Crippen LogP contribution in [0.1, 0.15) is 16.7 Å².